The Balaban J connectivity index is 1.55. The van der Waals surface area contributed by atoms with E-state index in [0.717, 1.165) is 33.3 Å². The molecule has 0 radical (unpaired) electrons. The molecule has 1 N–H and O–H groups in total. The Labute approximate surface area is 188 Å². The first-order valence-electron chi connectivity index (χ1n) is 9.89. The molecule has 160 valence electrons. The predicted octanol–water partition coefficient (Wildman–Crippen LogP) is 4.32. The number of carbonyl (C=O) groups is 2. The van der Waals surface area contributed by atoms with E-state index in [1.165, 1.54) is 11.3 Å². The van der Waals surface area contributed by atoms with E-state index in [0.29, 0.717) is 5.13 Å². The van der Waals surface area contributed by atoms with E-state index < -0.39 is 0 Å². The molecule has 2 aromatic carbocycles. The number of benzene rings is 2. The molecule has 0 spiro atoms. The fourth-order valence-corrected chi connectivity index (χ4v) is 5.28. The van der Waals surface area contributed by atoms with Gasteiger partial charge >= 0.3 is 0 Å². The molecule has 1 atom stereocenters. The number of aromatic nitrogens is 2. The van der Waals surface area contributed by atoms with Crippen LogP contribution in [-0.2, 0) is 16.0 Å². The van der Waals surface area contributed by atoms with E-state index in [1.807, 2.05) is 55.5 Å². The van der Waals surface area contributed by atoms with E-state index in [1.54, 1.807) is 23.8 Å². The Hall–Kier alpha value is -2.91. The van der Waals surface area contributed by atoms with E-state index in [2.05, 4.69) is 15.5 Å². The molecular weight excluding hydrogens is 432 g/mol. The Kier molecular flexibility index (Phi) is 6.53. The van der Waals surface area contributed by atoms with Gasteiger partial charge in [-0.15, -0.1) is 22.0 Å². The van der Waals surface area contributed by atoms with E-state index in [9.17, 15) is 9.59 Å². The number of fused-ring (bicyclic) bond motifs is 1. The molecule has 4 rings (SSSR count). The van der Waals surface area contributed by atoms with Crippen LogP contribution < -0.4 is 15.0 Å². The zero-order valence-corrected chi connectivity index (χ0v) is 18.8. The van der Waals surface area contributed by atoms with Crippen molar-refractivity contribution < 1.29 is 14.3 Å². The van der Waals surface area contributed by atoms with Crippen LogP contribution in [0.1, 0.15) is 29.2 Å². The zero-order chi connectivity index (χ0) is 21.8. The molecule has 0 aliphatic carbocycles. The van der Waals surface area contributed by atoms with E-state index in [-0.39, 0.29) is 30.0 Å². The standard InChI is InChI=1S/C22H22N4O3S2/c1-3-20-24-25-22(31-20)23-19(27)13-26-16-6-4-5-7-17(16)30-18(12-21(26)28)14-8-10-15(29-2)11-9-14/h4-11,18H,3,12-13H2,1-2H3,(H,23,25,27). The van der Waals surface area contributed by atoms with Gasteiger partial charge in [0.2, 0.25) is 16.9 Å². The zero-order valence-electron chi connectivity index (χ0n) is 17.2. The monoisotopic (exact) mass is 454 g/mol. The number of nitrogens with zero attached hydrogens (tertiary/aromatic N) is 3. The van der Waals surface area contributed by atoms with Gasteiger partial charge in [-0.3, -0.25) is 14.9 Å². The number of nitrogens with one attached hydrogen (secondary N) is 1. The van der Waals surface area contributed by atoms with E-state index in [4.69, 9.17) is 4.74 Å². The maximum atomic E-state index is 13.2. The molecule has 1 aliphatic heterocycles. The van der Waals surface area contributed by atoms with Gasteiger partial charge in [-0.1, -0.05) is 42.5 Å². The average Bonchev–Trinajstić information content (AvgIpc) is 3.19. The number of amides is 2. The highest BCUT2D eigenvalue weighted by atomic mass is 32.2. The van der Waals surface area contributed by atoms with Crippen LogP contribution in [-0.4, -0.2) is 35.7 Å². The topological polar surface area (TPSA) is 84.4 Å². The summed E-state index contributed by atoms with van der Waals surface area (Å²) >= 11 is 2.98. The molecule has 2 amide bonds. The van der Waals surface area contributed by atoms with Gasteiger partial charge in [-0.25, -0.2) is 0 Å². The number of aryl methyl sites for hydroxylation is 1. The second kappa shape index (κ2) is 9.49. The number of anilines is 2. The number of carbonyl (C=O) groups excluding carboxylic acids is 2. The molecule has 7 nitrogen and oxygen atoms in total. The summed E-state index contributed by atoms with van der Waals surface area (Å²) in [5.41, 5.74) is 1.79. The number of thioether (sulfide) groups is 1. The van der Waals surface area contributed by atoms with Crippen molar-refractivity contribution >= 4 is 45.7 Å². The summed E-state index contributed by atoms with van der Waals surface area (Å²) in [6, 6.07) is 15.4. The first-order chi connectivity index (χ1) is 15.1. The number of rotatable bonds is 6. The van der Waals surface area contributed by atoms with Crippen molar-refractivity contribution in [3.8, 4) is 5.75 Å². The quantitative estimate of drug-likeness (QED) is 0.597. The summed E-state index contributed by atoms with van der Waals surface area (Å²) in [6.45, 7) is 1.91. The van der Waals surface area contributed by atoms with Gasteiger partial charge in [-0.05, 0) is 36.2 Å². The summed E-state index contributed by atoms with van der Waals surface area (Å²) in [4.78, 5) is 28.4. The molecule has 0 saturated carbocycles. The van der Waals surface area contributed by atoms with Crippen molar-refractivity contribution in [1.82, 2.24) is 10.2 Å². The van der Waals surface area contributed by atoms with Gasteiger partial charge < -0.3 is 9.64 Å². The molecule has 1 aromatic heterocycles. The fourth-order valence-electron chi connectivity index (χ4n) is 3.31. The normalized spacial score (nSPS) is 15.9. The number of methoxy groups -OCH3 is 1. The summed E-state index contributed by atoms with van der Waals surface area (Å²) in [6.07, 6.45) is 1.05. The SMILES string of the molecule is CCc1nnc(NC(=O)CN2C(=O)CC(c3ccc(OC)cc3)Sc3ccccc32)s1. The van der Waals surface area contributed by atoms with Crippen molar-refractivity contribution in [2.75, 3.05) is 23.9 Å². The Morgan fingerprint density at radius 2 is 1.97 bits per heavy atom. The Morgan fingerprint density at radius 3 is 2.68 bits per heavy atom. The molecular formula is C22H22N4O3S2. The largest absolute Gasteiger partial charge is 0.497 e. The molecule has 1 aliphatic rings. The fraction of sp³-hybridized carbons (Fsp3) is 0.273. The van der Waals surface area contributed by atoms with Crippen LogP contribution in [0.5, 0.6) is 5.75 Å². The predicted molar refractivity (Wildman–Crippen MR) is 123 cm³/mol. The van der Waals surface area contributed by atoms with Crippen molar-refractivity contribution in [3.63, 3.8) is 0 Å². The highest BCUT2D eigenvalue weighted by molar-refractivity contribution is 7.99. The third-order valence-corrected chi connectivity index (χ3v) is 7.20. The summed E-state index contributed by atoms with van der Waals surface area (Å²) in [5, 5.41) is 12.0. The van der Waals surface area contributed by atoms with Gasteiger partial charge in [-0.2, -0.15) is 0 Å². The van der Waals surface area contributed by atoms with Crippen LogP contribution in [0, 0.1) is 0 Å². The summed E-state index contributed by atoms with van der Waals surface area (Å²) in [7, 11) is 1.63. The molecule has 1 unspecified atom stereocenters. The molecule has 9 heteroatoms. The maximum Gasteiger partial charge on any atom is 0.246 e. The summed E-state index contributed by atoms with van der Waals surface area (Å²) < 4.78 is 5.24. The van der Waals surface area contributed by atoms with Crippen molar-refractivity contribution in [2.45, 2.75) is 29.9 Å². The highest BCUT2D eigenvalue weighted by Crippen LogP contribution is 2.45. The number of ether oxygens (including phenoxy) is 1. The van der Waals surface area contributed by atoms with Crippen molar-refractivity contribution in [3.05, 3.63) is 59.1 Å². The molecule has 31 heavy (non-hydrogen) atoms. The molecule has 2 heterocycles. The van der Waals surface area contributed by atoms with Crippen molar-refractivity contribution in [2.24, 2.45) is 0 Å². The number of para-hydroxylation sites is 1. The lowest BCUT2D eigenvalue weighted by molar-refractivity contribution is -0.121. The third-order valence-electron chi connectivity index (χ3n) is 4.89. The van der Waals surface area contributed by atoms with Gasteiger partial charge in [0.25, 0.3) is 0 Å². The minimum absolute atomic E-state index is 0.0529. The second-order valence-corrected chi connectivity index (χ2v) is 9.24. The molecule has 0 fully saturated rings. The Morgan fingerprint density at radius 1 is 1.19 bits per heavy atom. The lowest BCUT2D eigenvalue weighted by Gasteiger charge is -2.21. The van der Waals surface area contributed by atoms with Crippen LogP contribution in [0.15, 0.2) is 53.4 Å². The van der Waals surface area contributed by atoms with E-state index >= 15 is 0 Å². The van der Waals surface area contributed by atoms with Crippen LogP contribution in [0.25, 0.3) is 0 Å². The van der Waals surface area contributed by atoms with Crippen LogP contribution >= 0.6 is 23.1 Å². The van der Waals surface area contributed by atoms with Crippen LogP contribution in [0.3, 0.4) is 0 Å². The first kappa shape index (κ1) is 21.3. The minimum atomic E-state index is -0.296. The lowest BCUT2D eigenvalue weighted by atomic mass is 10.1. The van der Waals surface area contributed by atoms with Crippen molar-refractivity contribution in [1.29, 1.82) is 0 Å². The maximum absolute atomic E-state index is 13.2. The van der Waals surface area contributed by atoms with Gasteiger partial charge in [0.15, 0.2) is 0 Å². The van der Waals surface area contributed by atoms with Crippen LogP contribution in [0.2, 0.25) is 0 Å². The second-order valence-electron chi connectivity index (χ2n) is 6.93. The summed E-state index contributed by atoms with van der Waals surface area (Å²) in [5.74, 6) is 0.380. The number of hydrogen-bond donors (Lipinski definition) is 1. The smallest absolute Gasteiger partial charge is 0.246 e. The van der Waals surface area contributed by atoms with Gasteiger partial charge in [0.1, 0.15) is 17.3 Å². The third kappa shape index (κ3) is 4.88. The molecule has 0 saturated heterocycles. The molecule has 0 bridgehead atoms. The van der Waals surface area contributed by atoms with Gasteiger partial charge in [0, 0.05) is 16.6 Å². The Bertz CT molecular complexity index is 1080. The highest BCUT2D eigenvalue weighted by Gasteiger charge is 2.30. The molecule has 3 aromatic rings. The first-order valence-corrected chi connectivity index (χ1v) is 11.6. The van der Waals surface area contributed by atoms with Crippen LogP contribution in [0.4, 0.5) is 10.8 Å². The number of hydrogen-bond acceptors (Lipinski definition) is 7. The van der Waals surface area contributed by atoms with Gasteiger partial charge in [0.05, 0.1) is 12.8 Å². The average molecular weight is 455 g/mol. The lowest BCUT2D eigenvalue weighted by Crippen LogP contribution is -2.38. The minimum Gasteiger partial charge on any atom is -0.497 e.